The first-order valence-electron chi connectivity index (χ1n) is 7.73. The van der Waals surface area contributed by atoms with Gasteiger partial charge in [-0.3, -0.25) is 14.5 Å². The van der Waals surface area contributed by atoms with Crippen LogP contribution in [-0.4, -0.2) is 53.6 Å². The first-order valence-corrected chi connectivity index (χ1v) is 11.8. The molecule has 0 spiro atoms. The topological polar surface area (TPSA) is 168 Å². The fraction of sp³-hybridized carbons (Fsp3) is 0.250. The quantitative estimate of drug-likeness (QED) is 0.470. The van der Waals surface area contributed by atoms with Crippen LogP contribution in [0, 0.1) is 22.7 Å². The minimum atomic E-state index is -3.35. The number of nitriles is 2. The molecule has 0 aliphatic rings. The minimum Gasteiger partial charge on any atom is -0.285 e. The van der Waals surface area contributed by atoms with Gasteiger partial charge in [0, 0.05) is 24.0 Å². The van der Waals surface area contributed by atoms with E-state index in [2.05, 4.69) is 9.71 Å². The zero-order valence-corrected chi connectivity index (χ0v) is 18.9. The van der Waals surface area contributed by atoms with E-state index in [4.69, 9.17) is 27.3 Å². The van der Waals surface area contributed by atoms with E-state index in [1.54, 1.807) is 0 Å². The third-order valence-electron chi connectivity index (χ3n) is 3.15. The number of nitrogens with one attached hydrogen (secondary N) is 1. The van der Waals surface area contributed by atoms with Gasteiger partial charge >= 0.3 is 0 Å². The summed E-state index contributed by atoms with van der Waals surface area (Å²) in [5.74, 6) is 0. The summed E-state index contributed by atoms with van der Waals surface area (Å²) in [7, 11) is -3.51. The molecule has 2 rings (SSSR count). The lowest BCUT2D eigenvalue weighted by Gasteiger charge is -2.16. The standard InChI is InChI=1S/C8H9N3O2S.C6H4ClN2O.C2H7NO2S/c1-11(14(2,12)13)8-6-10-4-3-7(8)5-9;7-6-4-9(10)2-1-5(6)3-8;1-3-6(2,4)5/h3-4,6H,1-2H3;1-2,4,10H;3H,1-2H3/q;+1;. The molecule has 0 aromatic carbocycles. The highest BCUT2D eigenvalue weighted by Crippen LogP contribution is 2.18. The predicted molar refractivity (Wildman–Crippen MR) is 110 cm³/mol. The molecule has 0 atom stereocenters. The van der Waals surface area contributed by atoms with Crippen molar-refractivity contribution in [1.29, 1.82) is 10.5 Å². The molecular weight excluding hydrogens is 456 g/mol. The average Bonchev–Trinajstić information content (AvgIpc) is 2.67. The lowest BCUT2D eigenvalue weighted by molar-refractivity contribution is -0.904. The molecule has 0 saturated heterocycles. The Morgan fingerprint density at radius 2 is 1.70 bits per heavy atom. The third-order valence-corrected chi connectivity index (χ3v) is 5.38. The van der Waals surface area contributed by atoms with Crippen LogP contribution >= 0.6 is 11.6 Å². The largest absolute Gasteiger partial charge is 0.285 e. The molecular formula is C16H20ClN6O5S2+. The number of aromatic nitrogens is 2. The Balaban J connectivity index is 0.000000459. The summed E-state index contributed by atoms with van der Waals surface area (Å²) in [6, 6.07) is 6.67. The fourth-order valence-electron chi connectivity index (χ4n) is 1.46. The third kappa shape index (κ3) is 9.99. The molecule has 0 radical (unpaired) electrons. The van der Waals surface area contributed by atoms with Crippen LogP contribution in [0.3, 0.4) is 0 Å². The number of nitrogens with zero attached hydrogens (tertiary/aromatic N) is 5. The monoisotopic (exact) mass is 475 g/mol. The van der Waals surface area contributed by atoms with Gasteiger partial charge in [-0.1, -0.05) is 11.6 Å². The highest BCUT2D eigenvalue weighted by molar-refractivity contribution is 7.92. The number of hydrogen-bond donors (Lipinski definition) is 2. The summed E-state index contributed by atoms with van der Waals surface area (Å²) in [5.41, 5.74) is 0.928. The highest BCUT2D eigenvalue weighted by Gasteiger charge is 2.15. The Hall–Kier alpha value is -2.97. The molecule has 11 nitrogen and oxygen atoms in total. The maximum Gasteiger partial charge on any atom is 0.242 e. The summed E-state index contributed by atoms with van der Waals surface area (Å²) < 4.78 is 46.1. The van der Waals surface area contributed by atoms with Crippen LogP contribution in [0.4, 0.5) is 5.69 Å². The fourth-order valence-corrected chi connectivity index (χ4v) is 2.17. The predicted octanol–water partition coefficient (Wildman–Crippen LogP) is 0.251. The Bertz CT molecular complexity index is 1160. The van der Waals surface area contributed by atoms with Crippen LogP contribution in [0.5, 0.6) is 0 Å². The van der Waals surface area contributed by atoms with Crippen LogP contribution in [-0.2, 0) is 20.0 Å². The van der Waals surface area contributed by atoms with E-state index in [1.807, 2.05) is 12.1 Å². The van der Waals surface area contributed by atoms with Crippen LogP contribution in [0.1, 0.15) is 11.1 Å². The molecule has 0 unspecified atom stereocenters. The zero-order chi connectivity index (χ0) is 23.5. The van der Waals surface area contributed by atoms with Gasteiger partial charge in [-0.05, 0) is 13.1 Å². The smallest absolute Gasteiger partial charge is 0.242 e. The van der Waals surface area contributed by atoms with Crippen molar-refractivity contribution in [1.82, 2.24) is 9.71 Å². The molecule has 30 heavy (non-hydrogen) atoms. The second-order valence-electron chi connectivity index (χ2n) is 5.41. The molecule has 2 aromatic heterocycles. The Kier molecular flexibility index (Phi) is 10.7. The molecule has 0 amide bonds. The lowest BCUT2D eigenvalue weighted by Crippen LogP contribution is -2.28. The van der Waals surface area contributed by atoms with E-state index in [-0.39, 0.29) is 16.3 Å². The lowest BCUT2D eigenvalue weighted by atomic mass is 10.2. The summed E-state index contributed by atoms with van der Waals surface area (Å²) in [5, 5.41) is 26.1. The molecule has 2 heterocycles. The number of hydrogen-bond acceptors (Lipinski definition) is 8. The molecule has 0 fully saturated rings. The van der Waals surface area contributed by atoms with Crippen LogP contribution in [0.15, 0.2) is 36.9 Å². The van der Waals surface area contributed by atoms with Gasteiger partial charge in [-0.15, -0.1) is 0 Å². The normalized spacial score (nSPS) is 10.2. The van der Waals surface area contributed by atoms with Crippen LogP contribution < -0.4 is 13.8 Å². The van der Waals surface area contributed by atoms with Crippen molar-refractivity contribution in [2.45, 2.75) is 0 Å². The van der Waals surface area contributed by atoms with E-state index in [0.29, 0.717) is 5.56 Å². The van der Waals surface area contributed by atoms with Crippen molar-refractivity contribution in [3.05, 3.63) is 53.1 Å². The summed E-state index contributed by atoms with van der Waals surface area (Å²) >= 11 is 5.53. The Morgan fingerprint density at radius 3 is 2.10 bits per heavy atom. The van der Waals surface area contributed by atoms with Crippen molar-refractivity contribution in [3.63, 3.8) is 0 Å². The minimum absolute atomic E-state index is 0.243. The van der Waals surface area contributed by atoms with Crippen molar-refractivity contribution in [2.24, 2.45) is 0 Å². The molecule has 0 bridgehead atoms. The maximum atomic E-state index is 11.2. The SMILES string of the molecule is CN(c1cnccc1C#N)S(C)(=O)=O.CNS(C)(=O)=O.N#Cc1cc[n+](O)cc1Cl. The van der Waals surface area contributed by atoms with E-state index in [0.717, 1.165) is 21.5 Å². The molecule has 14 heteroatoms. The van der Waals surface area contributed by atoms with E-state index in [9.17, 15) is 16.8 Å². The van der Waals surface area contributed by atoms with Gasteiger partial charge in [0.15, 0.2) is 0 Å². The van der Waals surface area contributed by atoms with Gasteiger partial charge in [0.2, 0.25) is 32.4 Å². The van der Waals surface area contributed by atoms with Gasteiger partial charge in [0.25, 0.3) is 0 Å². The van der Waals surface area contributed by atoms with E-state index in [1.165, 1.54) is 51.0 Å². The first kappa shape index (κ1) is 27.0. The van der Waals surface area contributed by atoms with Gasteiger partial charge in [0.1, 0.15) is 17.2 Å². The summed E-state index contributed by atoms with van der Waals surface area (Å²) in [6.45, 7) is 0. The number of anilines is 1. The summed E-state index contributed by atoms with van der Waals surface area (Å²) in [4.78, 5) is 3.77. The van der Waals surface area contributed by atoms with E-state index < -0.39 is 20.0 Å². The molecule has 2 aromatic rings. The Morgan fingerprint density at radius 1 is 1.17 bits per heavy atom. The van der Waals surface area contributed by atoms with Gasteiger partial charge in [0.05, 0.1) is 35.5 Å². The highest BCUT2D eigenvalue weighted by atomic mass is 35.5. The molecule has 162 valence electrons. The second kappa shape index (κ2) is 11.9. The van der Waals surface area contributed by atoms with Crippen molar-refractivity contribution < 1.29 is 26.8 Å². The van der Waals surface area contributed by atoms with Crippen molar-refractivity contribution in [3.8, 4) is 12.1 Å². The molecule has 0 aliphatic heterocycles. The van der Waals surface area contributed by atoms with E-state index >= 15 is 0 Å². The second-order valence-corrected chi connectivity index (χ2v) is 9.78. The molecule has 0 aliphatic carbocycles. The molecule has 0 saturated carbocycles. The first-order chi connectivity index (χ1) is 13.8. The maximum absolute atomic E-state index is 11.2. The average molecular weight is 476 g/mol. The Labute approximate surface area is 180 Å². The van der Waals surface area contributed by atoms with Gasteiger partial charge in [-0.25, -0.2) is 21.6 Å². The number of halogens is 1. The van der Waals surface area contributed by atoms with Crippen LogP contribution in [0.25, 0.3) is 0 Å². The van der Waals surface area contributed by atoms with Crippen LogP contribution in [0.2, 0.25) is 5.02 Å². The zero-order valence-electron chi connectivity index (χ0n) is 16.5. The number of pyridine rings is 2. The van der Waals surface area contributed by atoms with Crippen molar-refractivity contribution >= 4 is 37.3 Å². The van der Waals surface area contributed by atoms with Gasteiger partial charge < -0.3 is 0 Å². The molecule has 2 N–H and O–H groups in total. The number of sulfonamides is 2. The number of rotatable bonds is 3. The van der Waals surface area contributed by atoms with Gasteiger partial charge in [-0.2, -0.15) is 10.5 Å². The van der Waals surface area contributed by atoms with Crippen molar-refractivity contribution in [2.75, 3.05) is 30.9 Å². The summed E-state index contributed by atoms with van der Waals surface area (Å²) in [6.07, 6.45) is 7.55.